The summed E-state index contributed by atoms with van der Waals surface area (Å²) >= 11 is 0. The third-order valence-electron chi connectivity index (χ3n) is 3.43. The Labute approximate surface area is 109 Å². The van der Waals surface area contributed by atoms with Gasteiger partial charge in [-0.2, -0.15) is 5.26 Å². The maximum absolute atomic E-state index is 8.93. The summed E-state index contributed by atoms with van der Waals surface area (Å²) in [4.78, 5) is 6.61. The highest BCUT2D eigenvalue weighted by Crippen LogP contribution is 2.15. The van der Waals surface area contributed by atoms with Crippen LogP contribution in [0.3, 0.4) is 0 Å². The number of nitrogens with one attached hydrogen (secondary N) is 1. The van der Waals surface area contributed by atoms with Crippen LogP contribution in [0.25, 0.3) is 0 Å². The van der Waals surface area contributed by atoms with E-state index in [9.17, 15) is 0 Å². The van der Waals surface area contributed by atoms with Crippen molar-refractivity contribution in [3.63, 3.8) is 0 Å². The molecule has 1 aromatic heterocycles. The van der Waals surface area contributed by atoms with Gasteiger partial charge in [-0.05, 0) is 38.4 Å². The van der Waals surface area contributed by atoms with E-state index in [1.54, 1.807) is 12.3 Å². The average molecular weight is 244 g/mol. The fourth-order valence-corrected chi connectivity index (χ4v) is 2.39. The molecular formula is C14H20N4. The number of nitrogens with zero attached hydrogens (tertiary/aromatic N) is 3. The molecule has 1 fully saturated rings. The molecule has 2 rings (SSSR count). The normalized spacial score (nSPS) is 19.2. The minimum absolute atomic E-state index is 0.547. The molecular weight excluding hydrogens is 224 g/mol. The molecule has 4 nitrogen and oxygen atoms in total. The first-order valence-corrected chi connectivity index (χ1v) is 6.68. The van der Waals surface area contributed by atoms with Gasteiger partial charge in [0.05, 0.1) is 11.6 Å². The van der Waals surface area contributed by atoms with Gasteiger partial charge in [0.1, 0.15) is 5.82 Å². The maximum atomic E-state index is 8.93. The van der Waals surface area contributed by atoms with Crippen LogP contribution in [0.15, 0.2) is 18.3 Å². The summed E-state index contributed by atoms with van der Waals surface area (Å²) in [7, 11) is 0. The Kier molecular flexibility index (Phi) is 4.54. The summed E-state index contributed by atoms with van der Waals surface area (Å²) in [5.41, 5.74) is 0.676. The van der Waals surface area contributed by atoms with E-state index in [2.05, 4.69) is 28.2 Å². The molecule has 1 N–H and O–H groups in total. The highest BCUT2D eigenvalue weighted by atomic mass is 15.2. The lowest BCUT2D eigenvalue weighted by Gasteiger charge is -2.30. The Morgan fingerprint density at radius 2 is 2.44 bits per heavy atom. The second kappa shape index (κ2) is 6.36. The predicted molar refractivity (Wildman–Crippen MR) is 72.5 cm³/mol. The van der Waals surface area contributed by atoms with Crippen molar-refractivity contribution in [1.82, 2.24) is 10.3 Å². The number of rotatable bonds is 4. The van der Waals surface area contributed by atoms with E-state index in [1.165, 1.54) is 19.3 Å². The molecule has 0 saturated carbocycles. The van der Waals surface area contributed by atoms with Gasteiger partial charge in [0.2, 0.25) is 0 Å². The van der Waals surface area contributed by atoms with Crippen LogP contribution < -0.4 is 10.2 Å². The van der Waals surface area contributed by atoms with E-state index >= 15 is 0 Å². The smallest absolute Gasteiger partial charge is 0.129 e. The molecule has 1 atom stereocenters. The standard InChI is InChI=1S/C14H20N4/c1-2-18(11-13-5-3-4-7-16-13)14-9-12(10-15)6-8-17-14/h6,8-9,13,16H,2-5,7,11H2,1H3. The minimum atomic E-state index is 0.547. The van der Waals surface area contributed by atoms with E-state index in [4.69, 9.17) is 5.26 Å². The van der Waals surface area contributed by atoms with Crippen molar-refractivity contribution in [3.05, 3.63) is 23.9 Å². The molecule has 1 unspecified atom stereocenters. The Bertz CT molecular complexity index is 418. The van der Waals surface area contributed by atoms with Gasteiger partial charge in [0.25, 0.3) is 0 Å². The van der Waals surface area contributed by atoms with Gasteiger partial charge in [0, 0.05) is 25.3 Å². The Hall–Kier alpha value is -1.60. The first-order valence-electron chi connectivity index (χ1n) is 6.68. The van der Waals surface area contributed by atoms with Gasteiger partial charge in [-0.1, -0.05) is 6.42 Å². The van der Waals surface area contributed by atoms with Gasteiger partial charge >= 0.3 is 0 Å². The Morgan fingerprint density at radius 3 is 3.11 bits per heavy atom. The van der Waals surface area contributed by atoms with Crippen molar-refractivity contribution in [2.24, 2.45) is 0 Å². The van der Waals surface area contributed by atoms with Crippen LogP contribution in [-0.4, -0.2) is 30.7 Å². The second-order valence-electron chi connectivity index (χ2n) is 4.70. The van der Waals surface area contributed by atoms with Crippen LogP contribution in [0, 0.1) is 11.3 Å². The van der Waals surface area contributed by atoms with Gasteiger partial charge in [-0.15, -0.1) is 0 Å². The first kappa shape index (κ1) is 12.8. The molecule has 1 saturated heterocycles. The van der Waals surface area contributed by atoms with E-state index in [-0.39, 0.29) is 0 Å². The number of aromatic nitrogens is 1. The van der Waals surface area contributed by atoms with Crippen molar-refractivity contribution in [3.8, 4) is 6.07 Å². The van der Waals surface area contributed by atoms with Crippen molar-refractivity contribution in [1.29, 1.82) is 5.26 Å². The first-order chi connectivity index (χ1) is 8.83. The van der Waals surface area contributed by atoms with E-state index in [1.807, 2.05) is 6.07 Å². The Morgan fingerprint density at radius 1 is 1.56 bits per heavy atom. The summed E-state index contributed by atoms with van der Waals surface area (Å²) in [5, 5.41) is 12.5. The largest absolute Gasteiger partial charge is 0.355 e. The number of hydrogen-bond acceptors (Lipinski definition) is 4. The zero-order valence-electron chi connectivity index (χ0n) is 10.9. The lowest BCUT2D eigenvalue weighted by atomic mass is 10.0. The highest BCUT2D eigenvalue weighted by Gasteiger charge is 2.16. The monoisotopic (exact) mass is 244 g/mol. The molecule has 0 spiro atoms. The second-order valence-corrected chi connectivity index (χ2v) is 4.70. The third-order valence-corrected chi connectivity index (χ3v) is 3.43. The zero-order chi connectivity index (χ0) is 12.8. The number of piperidine rings is 1. The fraction of sp³-hybridized carbons (Fsp3) is 0.571. The van der Waals surface area contributed by atoms with Gasteiger partial charge in [-0.25, -0.2) is 4.98 Å². The highest BCUT2D eigenvalue weighted by molar-refractivity contribution is 5.44. The third kappa shape index (κ3) is 3.21. The van der Waals surface area contributed by atoms with Crippen LogP contribution >= 0.6 is 0 Å². The van der Waals surface area contributed by atoms with Crippen LogP contribution in [-0.2, 0) is 0 Å². The molecule has 0 radical (unpaired) electrons. The maximum Gasteiger partial charge on any atom is 0.129 e. The molecule has 1 aromatic rings. The molecule has 0 bridgehead atoms. The van der Waals surface area contributed by atoms with Gasteiger partial charge in [-0.3, -0.25) is 0 Å². The van der Waals surface area contributed by atoms with E-state index in [0.717, 1.165) is 25.5 Å². The van der Waals surface area contributed by atoms with Crippen LogP contribution in [0.5, 0.6) is 0 Å². The van der Waals surface area contributed by atoms with Crippen molar-refractivity contribution < 1.29 is 0 Å². The number of hydrogen-bond donors (Lipinski definition) is 1. The number of likely N-dealkylation sites (N-methyl/N-ethyl adjacent to an activating group) is 1. The van der Waals surface area contributed by atoms with Crippen LogP contribution in [0.4, 0.5) is 5.82 Å². The summed E-state index contributed by atoms with van der Waals surface area (Å²) < 4.78 is 0. The summed E-state index contributed by atoms with van der Waals surface area (Å²) in [5.74, 6) is 0.906. The van der Waals surface area contributed by atoms with Crippen molar-refractivity contribution in [2.45, 2.75) is 32.2 Å². The molecule has 1 aliphatic rings. The van der Waals surface area contributed by atoms with E-state index in [0.29, 0.717) is 11.6 Å². The quantitative estimate of drug-likeness (QED) is 0.879. The lowest BCUT2D eigenvalue weighted by Crippen LogP contribution is -2.44. The average Bonchev–Trinajstić information content (AvgIpc) is 2.46. The Balaban J connectivity index is 2.05. The van der Waals surface area contributed by atoms with Crippen LogP contribution in [0.1, 0.15) is 31.7 Å². The van der Waals surface area contributed by atoms with E-state index < -0.39 is 0 Å². The summed E-state index contributed by atoms with van der Waals surface area (Å²) in [6.45, 7) is 5.13. The molecule has 0 amide bonds. The molecule has 2 heterocycles. The molecule has 96 valence electrons. The fourth-order valence-electron chi connectivity index (χ4n) is 2.39. The molecule has 4 heteroatoms. The number of anilines is 1. The number of nitriles is 1. The molecule has 0 aliphatic carbocycles. The topological polar surface area (TPSA) is 52.0 Å². The predicted octanol–water partition coefficient (Wildman–Crippen LogP) is 1.92. The zero-order valence-corrected chi connectivity index (χ0v) is 10.9. The molecule has 0 aromatic carbocycles. The van der Waals surface area contributed by atoms with Gasteiger partial charge in [0.15, 0.2) is 0 Å². The van der Waals surface area contributed by atoms with Crippen LogP contribution in [0.2, 0.25) is 0 Å². The lowest BCUT2D eigenvalue weighted by molar-refractivity contribution is 0.399. The van der Waals surface area contributed by atoms with Gasteiger partial charge < -0.3 is 10.2 Å². The number of pyridine rings is 1. The minimum Gasteiger partial charge on any atom is -0.355 e. The summed E-state index contributed by atoms with van der Waals surface area (Å²) in [6, 6.07) is 6.33. The molecule has 18 heavy (non-hydrogen) atoms. The van der Waals surface area contributed by atoms with Crippen molar-refractivity contribution >= 4 is 5.82 Å². The van der Waals surface area contributed by atoms with Crippen molar-refractivity contribution in [2.75, 3.05) is 24.5 Å². The summed E-state index contributed by atoms with van der Waals surface area (Å²) in [6.07, 6.45) is 5.53. The SMILES string of the molecule is CCN(CC1CCCCN1)c1cc(C#N)ccn1. The molecule has 1 aliphatic heterocycles.